The summed E-state index contributed by atoms with van der Waals surface area (Å²) in [6, 6.07) is 13.3. The molecular weight excluding hydrogens is 353 g/mol. The van der Waals surface area contributed by atoms with Gasteiger partial charge in [0.15, 0.2) is 0 Å². The second-order valence-corrected chi connectivity index (χ2v) is 5.44. The first-order valence-electron chi connectivity index (χ1n) is 6.86. The Bertz CT molecular complexity index is 773. The summed E-state index contributed by atoms with van der Waals surface area (Å²) in [4.78, 5) is 11.9. The van der Waals surface area contributed by atoms with Crippen molar-refractivity contribution in [2.45, 2.75) is 6.10 Å². The van der Waals surface area contributed by atoms with Gasteiger partial charge < -0.3 is 14.2 Å². The lowest BCUT2D eigenvalue weighted by Gasteiger charge is -2.18. The Kier molecular flexibility index (Phi) is 6.30. The predicted octanol–water partition coefficient (Wildman–Crippen LogP) is 3.86. The Morgan fingerprint density at radius 3 is 2.54 bits per heavy atom. The maximum absolute atomic E-state index is 11.9. The van der Waals surface area contributed by atoms with Crippen LogP contribution in [0.25, 0.3) is 0 Å². The number of rotatable bonds is 6. The largest absolute Gasteiger partial charge is 0.488 e. The van der Waals surface area contributed by atoms with Gasteiger partial charge in [-0.25, -0.2) is 4.79 Å². The molecule has 2 aromatic carbocycles. The Morgan fingerprint density at radius 1 is 1.17 bits per heavy atom. The molecule has 0 fully saturated rings. The van der Waals surface area contributed by atoms with Crippen LogP contribution < -0.4 is 9.47 Å². The minimum atomic E-state index is -1.03. The number of carbonyl (C=O) groups is 1. The SMILES string of the molecule is COC(=O)C(COc1ccc(C#N)cc1Cl)Oc1ccccc1Cl. The third kappa shape index (κ3) is 4.54. The van der Waals surface area contributed by atoms with Gasteiger partial charge in [0.2, 0.25) is 6.10 Å². The molecule has 0 saturated heterocycles. The van der Waals surface area contributed by atoms with Crippen LogP contribution in [0, 0.1) is 11.3 Å². The lowest BCUT2D eigenvalue weighted by molar-refractivity contribution is -0.150. The van der Waals surface area contributed by atoms with Crippen LogP contribution >= 0.6 is 23.2 Å². The highest BCUT2D eigenvalue weighted by molar-refractivity contribution is 6.32. The smallest absolute Gasteiger partial charge is 0.350 e. The fourth-order valence-corrected chi connectivity index (χ4v) is 2.24. The maximum atomic E-state index is 11.9. The topological polar surface area (TPSA) is 68.5 Å². The first-order chi connectivity index (χ1) is 11.5. The molecule has 0 aromatic heterocycles. The molecule has 2 rings (SSSR count). The average Bonchev–Trinajstić information content (AvgIpc) is 2.60. The molecule has 0 saturated carbocycles. The second-order valence-electron chi connectivity index (χ2n) is 4.63. The number of ether oxygens (including phenoxy) is 3. The lowest BCUT2D eigenvalue weighted by Crippen LogP contribution is -2.34. The normalized spacial score (nSPS) is 11.2. The van der Waals surface area contributed by atoms with Gasteiger partial charge in [-0.2, -0.15) is 5.26 Å². The van der Waals surface area contributed by atoms with E-state index in [2.05, 4.69) is 0 Å². The molecular formula is C17H13Cl2NO4. The summed E-state index contributed by atoms with van der Waals surface area (Å²) in [6.45, 7) is -0.135. The van der Waals surface area contributed by atoms with Gasteiger partial charge in [-0.15, -0.1) is 0 Å². The first kappa shape index (κ1) is 17.9. The van der Waals surface area contributed by atoms with Crippen molar-refractivity contribution in [3.63, 3.8) is 0 Å². The molecule has 2 aromatic rings. The highest BCUT2D eigenvalue weighted by atomic mass is 35.5. The van der Waals surface area contributed by atoms with Gasteiger partial charge in [0.25, 0.3) is 0 Å². The van der Waals surface area contributed by atoms with E-state index in [-0.39, 0.29) is 11.6 Å². The second kappa shape index (κ2) is 8.44. The van der Waals surface area contributed by atoms with Gasteiger partial charge in [0.1, 0.15) is 18.1 Å². The monoisotopic (exact) mass is 365 g/mol. The number of nitriles is 1. The number of carbonyl (C=O) groups excluding carboxylic acids is 1. The van der Waals surface area contributed by atoms with Crippen molar-refractivity contribution in [1.82, 2.24) is 0 Å². The summed E-state index contributed by atoms with van der Waals surface area (Å²) in [5, 5.41) is 9.45. The van der Waals surface area contributed by atoms with Crippen LogP contribution in [0.1, 0.15) is 5.56 Å². The van der Waals surface area contributed by atoms with Gasteiger partial charge in [-0.1, -0.05) is 35.3 Å². The third-order valence-electron chi connectivity index (χ3n) is 3.02. The molecule has 1 atom stereocenters. The van der Waals surface area contributed by atoms with Crippen molar-refractivity contribution >= 4 is 29.2 Å². The molecule has 0 aliphatic heterocycles. The summed E-state index contributed by atoms with van der Waals surface area (Å²) in [6.07, 6.45) is -1.03. The molecule has 1 unspecified atom stereocenters. The number of para-hydroxylation sites is 1. The van der Waals surface area contributed by atoms with Crippen LogP contribution in [-0.2, 0) is 9.53 Å². The molecule has 24 heavy (non-hydrogen) atoms. The van der Waals surface area contributed by atoms with Crippen molar-refractivity contribution < 1.29 is 19.0 Å². The number of benzene rings is 2. The minimum Gasteiger partial charge on any atom is -0.488 e. The summed E-state index contributed by atoms with van der Waals surface area (Å²) < 4.78 is 15.8. The van der Waals surface area contributed by atoms with Gasteiger partial charge >= 0.3 is 5.97 Å². The quantitative estimate of drug-likeness (QED) is 0.726. The van der Waals surface area contributed by atoms with Gasteiger partial charge in [0, 0.05) is 0 Å². The summed E-state index contributed by atoms with van der Waals surface area (Å²) >= 11 is 12.1. The van der Waals surface area contributed by atoms with Crippen molar-refractivity contribution in [3.05, 3.63) is 58.1 Å². The van der Waals surface area contributed by atoms with E-state index in [0.717, 1.165) is 0 Å². The van der Waals surface area contributed by atoms with E-state index in [1.807, 2.05) is 6.07 Å². The minimum absolute atomic E-state index is 0.135. The Labute approximate surface area is 149 Å². The van der Waals surface area contributed by atoms with Crippen LogP contribution in [0.2, 0.25) is 10.0 Å². The molecule has 0 aliphatic rings. The summed E-state index contributed by atoms with van der Waals surface area (Å²) in [5.74, 6) is 0.0520. The standard InChI is InChI=1S/C17H13Cl2NO4/c1-22-17(21)16(24-15-5-3-2-4-12(15)18)10-23-14-7-6-11(9-20)8-13(14)19/h2-8,16H,10H2,1H3. The van der Waals surface area contributed by atoms with Crippen molar-refractivity contribution in [2.75, 3.05) is 13.7 Å². The molecule has 0 spiro atoms. The highest BCUT2D eigenvalue weighted by Crippen LogP contribution is 2.27. The zero-order valence-corrected chi connectivity index (χ0v) is 14.2. The van der Waals surface area contributed by atoms with Gasteiger partial charge in [-0.3, -0.25) is 0 Å². The van der Waals surface area contributed by atoms with Crippen LogP contribution in [0.15, 0.2) is 42.5 Å². The summed E-state index contributed by atoms with van der Waals surface area (Å²) in [5.41, 5.74) is 0.407. The van der Waals surface area contributed by atoms with E-state index in [1.165, 1.54) is 13.2 Å². The van der Waals surface area contributed by atoms with E-state index in [0.29, 0.717) is 22.1 Å². The molecule has 0 aliphatic carbocycles. The zero-order chi connectivity index (χ0) is 17.5. The van der Waals surface area contributed by atoms with E-state index in [1.54, 1.807) is 36.4 Å². The van der Waals surface area contributed by atoms with Gasteiger partial charge in [-0.05, 0) is 30.3 Å². The molecule has 124 valence electrons. The number of methoxy groups -OCH3 is 1. The van der Waals surface area contributed by atoms with Crippen molar-refractivity contribution in [2.24, 2.45) is 0 Å². The van der Waals surface area contributed by atoms with Crippen LogP contribution in [0.5, 0.6) is 11.5 Å². The van der Waals surface area contributed by atoms with Crippen LogP contribution in [0.3, 0.4) is 0 Å². The fraction of sp³-hybridized carbons (Fsp3) is 0.176. The number of hydrogen-bond donors (Lipinski definition) is 0. The van der Waals surface area contributed by atoms with E-state index >= 15 is 0 Å². The summed E-state index contributed by atoms with van der Waals surface area (Å²) in [7, 11) is 1.25. The molecule has 0 amide bonds. The van der Waals surface area contributed by atoms with E-state index in [9.17, 15) is 4.79 Å². The van der Waals surface area contributed by atoms with Crippen molar-refractivity contribution in [3.8, 4) is 17.6 Å². The molecule has 0 heterocycles. The molecule has 5 nitrogen and oxygen atoms in total. The molecule has 0 N–H and O–H groups in total. The molecule has 0 bridgehead atoms. The average molecular weight is 366 g/mol. The number of halogens is 2. The van der Waals surface area contributed by atoms with Crippen LogP contribution in [0.4, 0.5) is 0 Å². The number of nitrogens with zero attached hydrogens (tertiary/aromatic N) is 1. The number of esters is 1. The maximum Gasteiger partial charge on any atom is 0.350 e. The molecule has 7 heteroatoms. The predicted molar refractivity (Wildman–Crippen MR) is 89.5 cm³/mol. The Balaban J connectivity index is 2.11. The Hall–Kier alpha value is -2.42. The van der Waals surface area contributed by atoms with Crippen molar-refractivity contribution in [1.29, 1.82) is 5.26 Å². The third-order valence-corrected chi connectivity index (χ3v) is 3.63. The lowest BCUT2D eigenvalue weighted by atomic mass is 10.2. The first-order valence-corrected chi connectivity index (χ1v) is 7.62. The fourth-order valence-electron chi connectivity index (χ4n) is 1.83. The van der Waals surface area contributed by atoms with Gasteiger partial charge in [0.05, 0.1) is 28.8 Å². The van der Waals surface area contributed by atoms with Crippen LogP contribution in [-0.4, -0.2) is 25.8 Å². The Morgan fingerprint density at radius 2 is 1.92 bits per heavy atom. The number of hydrogen-bond acceptors (Lipinski definition) is 5. The molecule has 0 radical (unpaired) electrons. The highest BCUT2D eigenvalue weighted by Gasteiger charge is 2.23. The van der Waals surface area contributed by atoms with E-state index in [4.69, 9.17) is 42.7 Å². The zero-order valence-electron chi connectivity index (χ0n) is 12.7. The van der Waals surface area contributed by atoms with E-state index < -0.39 is 12.1 Å².